The third kappa shape index (κ3) is 5.88. The Hall–Kier alpha value is 0.400. The van der Waals surface area contributed by atoms with Gasteiger partial charge in [-0.3, -0.25) is 0 Å². The van der Waals surface area contributed by atoms with Gasteiger partial charge >= 0.3 is 0 Å². The summed E-state index contributed by atoms with van der Waals surface area (Å²) < 4.78 is 0. The largest absolute Gasteiger partial charge is 0.302 e. The summed E-state index contributed by atoms with van der Waals surface area (Å²) >= 11 is 3.52. The molecule has 0 atom stereocenters. The summed E-state index contributed by atoms with van der Waals surface area (Å²) in [6.45, 7) is 12.2. The molecule has 1 heterocycles. The normalized spacial score (nSPS) is 20.8. The van der Waals surface area contributed by atoms with Crippen LogP contribution < -0.4 is 0 Å². The maximum Gasteiger partial charge on any atom is 0.0159 e. The van der Waals surface area contributed by atoms with Gasteiger partial charge in [0, 0.05) is 25.0 Å². The van der Waals surface area contributed by atoms with Crippen LogP contribution in [0.2, 0.25) is 0 Å². The monoisotopic (exact) mass is 276 g/mol. The smallest absolute Gasteiger partial charge is 0.0159 e. The SMILES string of the molecule is CC(C)CCN1CCCN(CCBr)CC1. The van der Waals surface area contributed by atoms with Gasteiger partial charge in [-0.25, -0.2) is 0 Å². The van der Waals surface area contributed by atoms with E-state index in [4.69, 9.17) is 0 Å². The Morgan fingerprint density at radius 2 is 1.60 bits per heavy atom. The second-order valence-electron chi connectivity index (χ2n) is 4.91. The van der Waals surface area contributed by atoms with E-state index >= 15 is 0 Å². The molecule has 15 heavy (non-hydrogen) atoms. The van der Waals surface area contributed by atoms with Crippen LogP contribution in [0.5, 0.6) is 0 Å². The van der Waals surface area contributed by atoms with E-state index in [1.54, 1.807) is 0 Å². The van der Waals surface area contributed by atoms with Crippen molar-refractivity contribution in [3.05, 3.63) is 0 Å². The molecule has 1 aliphatic rings. The molecule has 0 unspecified atom stereocenters. The van der Waals surface area contributed by atoms with E-state index in [-0.39, 0.29) is 0 Å². The summed E-state index contributed by atoms with van der Waals surface area (Å²) in [6, 6.07) is 0. The van der Waals surface area contributed by atoms with Crippen molar-refractivity contribution in [2.45, 2.75) is 26.7 Å². The third-order valence-electron chi connectivity index (χ3n) is 3.10. The molecule has 90 valence electrons. The van der Waals surface area contributed by atoms with E-state index < -0.39 is 0 Å². The highest BCUT2D eigenvalue weighted by Gasteiger charge is 2.13. The molecule has 0 aromatic rings. The van der Waals surface area contributed by atoms with Gasteiger partial charge in [0.15, 0.2) is 0 Å². The minimum absolute atomic E-state index is 0.840. The molecule has 0 bridgehead atoms. The maximum atomic E-state index is 3.52. The molecule has 3 heteroatoms. The minimum Gasteiger partial charge on any atom is -0.302 e. The van der Waals surface area contributed by atoms with Crippen LogP contribution in [0.1, 0.15) is 26.7 Å². The summed E-state index contributed by atoms with van der Waals surface area (Å²) in [7, 11) is 0. The van der Waals surface area contributed by atoms with Gasteiger partial charge in [-0.1, -0.05) is 29.8 Å². The first-order chi connectivity index (χ1) is 7.22. The minimum atomic E-state index is 0.840. The number of nitrogens with zero attached hydrogens (tertiary/aromatic N) is 2. The molecule has 0 radical (unpaired) electrons. The van der Waals surface area contributed by atoms with Crippen molar-refractivity contribution < 1.29 is 0 Å². The van der Waals surface area contributed by atoms with E-state index in [0.29, 0.717) is 0 Å². The molecule has 1 fully saturated rings. The first-order valence-corrected chi connectivity index (χ1v) is 7.35. The summed E-state index contributed by atoms with van der Waals surface area (Å²) in [5.41, 5.74) is 0. The molecule has 0 saturated carbocycles. The molecule has 1 saturated heterocycles. The zero-order valence-corrected chi connectivity index (χ0v) is 11.8. The summed E-state index contributed by atoms with van der Waals surface area (Å²) in [4.78, 5) is 5.21. The van der Waals surface area contributed by atoms with Crippen molar-refractivity contribution in [3.8, 4) is 0 Å². The molecule has 0 aromatic carbocycles. The van der Waals surface area contributed by atoms with E-state index in [1.807, 2.05) is 0 Å². The molecule has 0 spiro atoms. The van der Waals surface area contributed by atoms with E-state index in [0.717, 1.165) is 11.2 Å². The zero-order valence-electron chi connectivity index (χ0n) is 10.2. The van der Waals surface area contributed by atoms with Crippen LogP contribution in [0.4, 0.5) is 0 Å². The van der Waals surface area contributed by atoms with Gasteiger partial charge in [0.05, 0.1) is 0 Å². The Labute approximate surface area is 103 Å². The van der Waals surface area contributed by atoms with Crippen LogP contribution in [0.25, 0.3) is 0 Å². The highest BCUT2D eigenvalue weighted by Crippen LogP contribution is 2.07. The lowest BCUT2D eigenvalue weighted by Crippen LogP contribution is -2.32. The lowest BCUT2D eigenvalue weighted by Gasteiger charge is -2.21. The lowest BCUT2D eigenvalue weighted by atomic mass is 10.1. The Balaban J connectivity index is 2.20. The summed E-state index contributed by atoms with van der Waals surface area (Å²) in [6.07, 6.45) is 2.68. The molecular weight excluding hydrogens is 252 g/mol. The molecular formula is C12H25BrN2. The standard InChI is InChI=1S/C12H25BrN2/c1-12(2)4-8-14-6-3-7-15(9-5-13)11-10-14/h12H,3-11H2,1-2H3. The van der Waals surface area contributed by atoms with Crippen molar-refractivity contribution in [1.29, 1.82) is 0 Å². The summed E-state index contributed by atoms with van der Waals surface area (Å²) in [5, 5.41) is 1.11. The van der Waals surface area contributed by atoms with Gasteiger partial charge in [0.1, 0.15) is 0 Å². The first kappa shape index (κ1) is 13.5. The van der Waals surface area contributed by atoms with Crippen LogP contribution in [0, 0.1) is 5.92 Å². The predicted molar refractivity (Wildman–Crippen MR) is 70.7 cm³/mol. The molecule has 0 N–H and O–H groups in total. The van der Waals surface area contributed by atoms with Gasteiger partial charge in [-0.2, -0.15) is 0 Å². The molecule has 0 aromatic heterocycles. The molecule has 0 amide bonds. The van der Waals surface area contributed by atoms with Gasteiger partial charge in [-0.15, -0.1) is 0 Å². The Morgan fingerprint density at radius 1 is 1.00 bits per heavy atom. The average Bonchev–Trinajstić information content (AvgIpc) is 2.41. The van der Waals surface area contributed by atoms with Crippen LogP contribution in [-0.4, -0.2) is 54.4 Å². The molecule has 2 nitrogen and oxygen atoms in total. The average molecular weight is 277 g/mol. The molecule has 1 rings (SSSR count). The highest BCUT2D eigenvalue weighted by molar-refractivity contribution is 9.09. The Morgan fingerprint density at radius 3 is 2.13 bits per heavy atom. The zero-order chi connectivity index (χ0) is 11.1. The third-order valence-corrected chi connectivity index (χ3v) is 3.46. The van der Waals surface area contributed by atoms with E-state index in [1.165, 1.54) is 52.1 Å². The topological polar surface area (TPSA) is 6.48 Å². The fourth-order valence-electron chi connectivity index (χ4n) is 2.03. The maximum absolute atomic E-state index is 3.52. The van der Waals surface area contributed by atoms with Crippen molar-refractivity contribution in [2.75, 3.05) is 44.6 Å². The van der Waals surface area contributed by atoms with Gasteiger partial charge in [-0.05, 0) is 38.4 Å². The van der Waals surface area contributed by atoms with Gasteiger partial charge in [0.2, 0.25) is 0 Å². The van der Waals surface area contributed by atoms with Gasteiger partial charge in [0.25, 0.3) is 0 Å². The number of rotatable bonds is 5. The second-order valence-corrected chi connectivity index (χ2v) is 5.70. The quantitative estimate of drug-likeness (QED) is 0.712. The van der Waals surface area contributed by atoms with Crippen molar-refractivity contribution in [1.82, 2.24) is 9.80 Å². The van der Waals surface area contributed by atoms with Crippen LogP contribution >= 0.6 is 15.9 Å². The molecule has 0 aliphatic carbocycles. The molecule has 1 aliphatic heterocycles. The van der Waals surface area contributed by atoms with E-state index in [9.17, 15) is 0 Å². The second kappa shape index (κ2) is 7.64. The van der Waals surface area contributed by atoms with E-state index in [2.05, 4.69) is 39.6 Å². The Kier molecular flexibility index (Phi) is 6.86. The number of halogens is 1. The summed E-state index contributed by atoms with van der Waals surface area (Å²) in [5.74, 6) is 0.840. The first-order valence-electron chi connectivity index (χ1n) is 6.23. The predicted octanol–water partition coefficient (Wildman–Crippen LogP) is 2.44. The van der Waals surface area contributed by atoms with Gasteiger partial charge < -0.3 is 9.80 Å². The number of alkyl halides is 1. The lowest BCUT2D eigenvalue weighted by molar-refractivity contribution is 0.253. The number of hydrogen-bond donors (Lipinski definition) is 0. The Bertz CT molecular complexity index is 162. The van der Waals surface area contributed by atoms with Crippen LogP contribution in [-0.2, 0) is 0 Å². The van der Waals surface area contributed by atoms with Crippen molar-refractivity contribution in [2.24, 2.45) is 5.92 Å². The van der Waals surface area contributed by atoms with Crippen LogP contribution in [0.15, 0.2) is 0 Å². The highest BCUT2D eigenvalue weighted by atomic mass is 79.9. The van der Waals surface area contributed by atoms with Crippen molar-refractivity contribution >= 4 is 15.9 Å². The van der Waals surface area contributed by atoms with Crippen molar-refractivity contribution in [3.63, 3.8) is 0 Å². The fraction of sp³-hybridized carbons (Fsp3) is 1.00. The fourth-order valence-corrected chi connectivity index (χ4v) is 2.53. The van der Waals surface area contributed by atoms with Crippen LogP contribution in [0.3, 0.4) is 0 Å². The number of hydrogen-bond acceptors (Lipinski definition) is 2.